The van der Waals surface area contributed by atoms with Gasteiger partial charge in [0, 0.05) is 6.42 Å². The molecule has 1 aromatic rings. The first-order valence-corrected chi connectivity index (χ1v) is 5.52. The Morgan fingerprint density at radius 3 is 2.80 bits per heavy atom. The minimum absolute atomic E-state index is 0.144. The van der Waals surface area contributed by atoms with Crippen molar-refractivity contribution in [2.24, 2.45) is 0 Å². The molecule has 0 atom stereocenters. The minimum atomic E-state index is -0.585. The first kappa shape index (κ1) is 10.6. The standard InChI is InChI=1S/C8H13N3O3S/c1-8(13-4-5-14-8)2-3-11-7(12)15-6(9)10-11/h2-5H2,1H3,(H2,9,10). The van der Waals surface area contributed by atoms with Gasteiger partial charge in [0.05, 0.1) is 19.8 Å². The molecule has 1 aromatic heterocycles. The van der Waals surface area contributed by atoms with Gasteiger partial charge in [-0.25, -0.2) is 4.68 Å². The van der Waals surface area contributed by atoms with Crippen molar-refractivity contribution in [1.82, 2.24) is 9.78 Å². The third kappa shape index (κ3) is 2.36. The number of aromatic nitrogens is 2. The summed E-state index contributed by atoms with van der Waals surface area (Å²) in [6.07, 6.45) is 0.593. The van der Waals surface area contributed by atoms with Crippen LogP contribution in [0.5, 0.6) is 0 Å². The molecule has 0 bridgehead atoms. The molecule has 1 aliphatic rings. The van der Waals surface area contributed by atoms with Gasteiger partial charge in [-0.2, -0.15) is 0 Å². The maximum absolute atomic E-state index is 11.3. The zero-order valence-electron chi connectivity index (χ0n) is 8.43. The number of nitrogens with zero attached hydrogens (tertiary/aromatic N) is 2. The molecule has 2 rings (SSSR count). The van der Waals surface area contributed by atoms with E-state index in [1.54, 1.807) is 0 Å². The van der Waals surface area contributed by atoms with Crippen LogP contribution in [0.2, 0.25) is 0 Å². The van der Waals surface area contributed by atoms with E-state index in [4.69, 9.17) is 15.2 Å². The summed E-state index contributed by atoms with van der Waals surface area (Å²) in [4.78, 5) is 11.2. The maximum Gasteiger partial charge on any atom is 0.326 e. The summed E-state index contributed by atoms with van der Waals surface area (Å²) in [6.45, 7) is 3.53. The second-order valence-corrected chi connectivity index (χ2v) is 4.48. The van der Waals surface area contributed by atoms with Crippen LogP contribution in [0.4, 0.5) is 5.13 Å². The van der Waals surface area contributed by atoms with Gasteiger partial charge in [-0.3, -0.25) is 4.79 Å². The molecule has 2 heterocycles. The highest BCUT2D eigenvalue weighted by Crippen LogP contribution is 2.22. The highest BCUT2D eigenvalue weighted by Gasteiger charge is 2.30. The van der Waals surface area contributed by atoms with Gasteiger partial charge in [-0.1, -0.05) is 0 Å². The molecular weight excluding hydrogens is 218 g/mol. The molecule has 1 fully saturated rings. The van der Waals surface area contributed by atoms with E-state index in [-0.39, 0.29) is 4.87 Å². The molecule has 0 unspecified atom stereocenters. The summed E-state index contributed by atoms with van der Waals surface area (Å²) in [5.74, 6) is -0.585. The van der Waals surface area contributed by atoms with Gasteiger partial charge in [0.2, 0.25) is 5.13 Å². The molecule has 84 valence electrons. The van der Waals surface area contributed by atoms with E-state index in [0.29, 0.717) is 31.3 Å². The van der Waals surface area contributed by atoms with Gasteiger partial charge in [-0.05, 0) is 18.3 Å². The van der Waals surface area contributed by atoms with Gasteiger partial charge in [-0.15, -0.1) is 5.10 Å². The summed E-state index contributed by atoms with van der Waals surface area (Å²) in [6, 6.07) is 0. The lowest BCUT2D eigenvalue weighted by Crippen LogP contribution is -2.29. The number of hydrogen-bond donors (Lipinski definition) is 1. The number of rotatable bonds is 3. The highest BCUT2D eigenvalue weighted by atomic mass is 32.1. The average Bonchev–Trinajstić information content (AvgIpc) is 2.71. The van der Waals surface area contributed by atoms with Crippen molar-refractivity contribution in [3.05, 3.63) is 9.67 Å². The SMILES string of the molecule is CC1(CCn2nc(N)sc2=O)OCCO1. The van der Waals surface area contributed by atoms with Crippen molar-refractivity contribution in [1.29, 1.82) is 0 Å². The topological polar surface area (TPSA) is 79.4 Å². The Morgan fingerprint density at radius 1 is 1.60 bits per heavy atom. The van der Waals surface area contributed by atoms with Crippen LogP contribution in [0.25, 0.3) is 0 Å². The summed E-state index contributed by atoms with van der Waals surface area (Å²) in [7, 11) is 0. The van der Waals surface area contributed by atoms with E-state index in [2.05, 4.69) is 5.10 Å². The smallest absolute Gasteiger partial charge is 0.326 e. The molecule has 2 N–H and O–H groups in total. The molecule has 1 aliphatic heterocycles. The fourth-order valence-corrected chi connectivity index (χ4v) is 2.03. The van der Waals surface area contributed by atoms with E-state index < -0.39 is 5.79 Å². The van der Waals surface area contributed by atoms with Gasteiger partial charge in [0.1, 0.15) is 0 Å². The Morgan fingerprint density at radius 2 is 2.27 bits per heavy atom. The van der Waals surface area contributed by atoms with Gasteiger partial charge < -0.3 is 15.2 Å². The average molecular weight is 231 g/mol. The highest BCUT2D eigenvalue weighted by molar-refractivity contribution is 7.12. The summed E-state index contributed by atoms with van der Waals surface area (Å²) in [5.41, 5.74) is 5.42. The van der Waals surface area contributed by atoms with Crippen molar-refractivity contribution < 1.29 is 9.47 Å². The fourth-order valence-electron chi connectivity index (χ4n) is 1.47. The van der Waals surface area contributed by atoms with Gasteiger partial charge >= 0.3 is 4.87 Å². The lowest BCUT2D eigenvalue weighted by atomic mass is 10.2. The Kier molecular flexibility index (Phi) is 2.76. The molecule has 7 heteroatoms. The van der Waals surface area contributed by atoms with Crippen LogP contribution < -0.4 is 10.6 Å². The van der Waals surface area contributed by atoms with Crippen molar-refractivity contribution in [3.63, 3.8) is 0 Å². The summed E-state index contributed by atoms with van der Waals surface area (Å²) >= 11 is 0.943. The van der Waals surface area contributed by atoms with Crippen LogP contribution in [0.1, 0.15) is 13.3 Å². The van der Waals surface area contributed by atoms with Crippen molar-refractivity contribution >= 4 is 16.5 Å². The predicted molar refractivity (Wildman–Crippen MR) is 55.7 cm³/mol. The van der Waals surface area contributed by atoms with Crippen LogP contribution in [0.15, 0.2) is 4.79 Å². The second-order valence-electron chi connectivity index (χ2n) is 3.51. The molecule has 0 amide bonds. The van der Waals surface area contributed by atoms with Crippen molar-refractivity contribution in [3.8, 4) is 0 Å². The second kappa shape index (κ2) is 3.92. The minimum Gasteiger partial charge on any atom is -0.374 e. The van der Waals surface area contributed by atoms with Crippen LogP contribution >= 0.6 is 11.3 Å². The van der Waals surface area contributed by atoms with Crippen molar-refractivity contribution in [2.75, 3.05) is 18.9 Å². The molecule has 0 saturated carbocycles. The van der Waals surface area contributed by atoms with Crippen molar-refractivity contribution in [2.45, 2.75) is 25.7 Å². The molecule has 0 spiro atoms. The third-order valence-electron chi connectivity index (χ3n) is 2.30. The molecule has 15 heavy (non-hydrogen) atoms. The van der Waals surface area contributed by atoms with E-state index in [9.17, 15) is 4.79 Å². The number of ether oxygens (including phenoxy) is 2. The quantitative estimate of drug-likeness (QED) is 0.794. The van der Waals surface area contributed by atoms with Gasteiger partial charge in [0.25, 0.3) is 0 Å². The molecule has 0 aliphatic carbocycles. The first-order valence-electron chi connectivity index (χ1n) is 4.70. The van der Waals surface area contributed by atoms with E-state index in [1.807, 2.05) is 6.92 Å². The van der Waals surface area contributed by atoms with Crippen LogP contribution in [0.3, 0.4) is 0 Å². The van der Waals surface area contributed by atoms with Crippen LogP contribution in [0, 0.1) is 0 Å². The largest absolute Gasteiger partial charge is 0.374 e. The van der Waals surface area contributed by atoms with E-state index >= 15 is 0 Å². The summed E-state index contributed by atoms with van der Waals surface area (Å²) < 4.78 is 12.2. The number of anilines is 1. The number of nitrogens with two attached hydrogens (primary N) is 1. The van der Waals surface area contributed by atoms with Gasteiger partial charge in [0.15, 0.2) is 5.79 Å². The van der Waals surface area contributed by atoms with E-state index in [0.717, 1.165) is 11.3 Å². The first-order chi connectivity index (χ1) is 7.09. The normalized spacial score (nSPS) is 19.5. The summed E-state index contributed by atoms with van der Waals surface area (Å²) in [5, 5.41) is 4.18. The Labute approximate surface area is 90.6 Å². The number of hydrogen-bond acceptors (Lipinski definition) is 6. The zero-order valence-corrected chi connectivity index (χ0v) is 9.25. The molecule has 6 nitrogen and oxygen atoms in total. The Bertz CT molecular complexity index is 394. The fraction of sp³-hybridized carbons (Fsp3) is 0.750. The predicted octanol–water partition coefficient (Wildman–Crippen LogP) is 0.0401. The lowest BCUT2D eigenvalue weighted by Gasteiger charge is -2.21. The molecule has 0 aromatic carbocycles. The van der Waals surface area contributed by atoms with Crippen LogP contribution in [-0.4, -0.2) is 28.8 Å². The van der Waals surface area contributed by atoms with Crippen LogP contribution in [-0.2, 0) is 16.0 Å². The number of nitrogen functional groups attached to an aromatic ring is 1. The zero-order chi connectivity index (χ0) is 10.9. The maximum atomic E-state index is 11.3. The Hall–Kier alpha value is -0.920. The third-order valence-corrected chi connectivity index (χ3v) is 2.97. The monoisotopic (exact) mass is 231 g/mol. The molecule has 0 radical (unpaired) electrons. The van der Waals surface area contributed by atoms with E-state index in [1.165, 1.54) is 4.68 Å². The molecular formula is C8H13N3O3S. The lowest BCUT2D eigenvalue weighted by molar-refractivity contribution is -0.148. The number of aryl methyl sites for hydroxylation is 1. The molecule has 1 saturated heterocycles. The Balaban J connectivity index is 1.98.